The van der Waals surface area contributed by atoms with Crippen molar-refractivity contribution in [2.75, 3.05) is 19.5 Å². The molecule has 0 fully saturated rings. The molecule has 0 saturated heterocycles. The fourth-order valence-corrected chi connectivity index (χ4v) is 4.36. The molecule has 0 unspecified atom stereocenters. The van der Waals surface area contributed by atoms with Crippen LogP contribution in [-0.2, 0) is 11.3 Å². The molecular formula is C22H24N2O3S. The molecule has 0 atom stereocenters. The van der Waals surface area contributed by atoms with E-state index in [2.05, 4.69) is 4.98 Å². The second-order valence-electron chi connectivity index (χ2n) is 6.85. The van der Waals surface area contributed by atoms with Gasteiger partial charge < -0.3 is 4.74 Å². The van der Waals surface area contributed by atoms with Gasteiger partial charge in [-0.2, -0.15) is 0 Å². The molecule has 3 aromatic rings. The number of methoxy groups -OCH3 is 1. The highest BCUT2D eigenvalue weighted by Gasteiger charge is 2.16. The van der Waals surface area contributed by atoms with Gasteiger partial charge in [-0.05, 0) is 44.0 Å². The summed E-state index contributed by atoms with van der Waals surface area (Å²) in [6.45, 7) is 6.74. The van der Waals surface area contributed by atoms with Gasteiger partial charge in [0.25, 0.3) is 5.56 Å². The van der Waals surface area contributed by atoms with Gasteiger partial charge in [0.2, 0.25) is 0 Å². The van der Waals surface area contributed by atoms with Gasteiger partial charge in [-0.3, -0.25) is 14.2 Å². The number of ketones is 1. The zero-order valence-corrected chi connectivity index (χ0v) is 17.4. The van der Waals surface area contributed by atoms with Crippen LogP contribution in [0.2, 0.25) is 0 Å². The van der Waals surface area contributed by atoms with Crippen molar-refractivity contribution in [3.63, 3.8) is 0 Å². The van der Waals surface area contributed by atoms with Gasteiger partial charge in [0.05, 0.1) is 29.8 Å². The third-order valence-electron chi connectivity index (χ3n) is 4.63. The molecule has 1 aromatic heterocycles. The van der Waals surface area contributed by atoms with Crippen molar-refractivity contribution in [1.29, 1.82) is 0 Å². The molecule has 6 heteroatoms. The first-order valence-corrected chi connectivity index (χ1v) is 10.1. The molecular weight excluding hydrogens is 372 g/mol. The lowest BCUT2D eigenvalue weighted by molar-refractivity contribution is 0.102. The summed E-state index contributed by atoms with van der Waals surface area (Å²) in [4.78, 5) is 30.4. The Bertz CT molecular complexity index is 1070. The minimum Gasteiger partial charge on any atom is -0.383 e. The van der Waals surface area contributed by atoms with E-state index in [4.69, 9.17) is 4.74 Å². The maximum atomic E-state index is 12.9. The SMILES string of the molecule is COCCn1c(SCC(=O)c2c(C)cc(C)cc2C)nc2ccccc2c1=O. The average Bonchev–Trinajstić information content (AvgIpc) is 2.65. The first kappa shape index (κ1) is 20.3. The minimum absolute atomic E-state index is 0.0423. The molecule has 0 bridgehead atoms. The number of carbonyl (C=O) groups excluding carboxylic acids is 1. The van der Waals surface area contributed by atoms with Crippen LogP contribution in [0.1, 0.15) is 27.0 Å². The maximum Gasteiger partial charge on any atom is 0.262 e. The van der Waals surface area contributed by atoms with Crippen LogP contribution in [0.4, 0.5) is 0 Å². The first-order chi connectivity index (χ1) is 13.4. The number of thioether (sulfide) groups is 1. The number of rotatable bonds is 7. The fraction of sp³-hybridized carbons (Fsp3) is 0.318. The third kappa shape index (κ3) is 4.18. The molecule has 1 heterocycles. The van der Waals surface area contributed by atoms with Gasteiger partial charge in [-0.25, -0.2) is 4.98 Å². The Labute approximate surface area is 168 Å². The van der Waals surface area contributed by atoms with Gasteiger partial charge in [0.1, 0.15) is 0 Å². The molecule has 0 spiro atoms. The largest absolute Gasteiger partial charge is 0.383 e. The van der Waals surface area contributed by atoms with Gasteiger partial charge >= 0.3 is 0 Å². The highest BCUT2D eigenvalue weighted by Crippen LogP contribution is 2.22. The summed E-state index contributed by atoms with van der Waals surface area (Å²) in [7, 11) is 1.60. The molecule has 5 nitrogen and oxygen atoms in total. The van der Waals surface area contributed by atoms with E-state index in [0.717, 1.165) is 22.3 Å². The van der Waals surface area contributed by atoms with Crippen molar-refractivity contribution in [2.45, 2.75) is 32.5 Å². The second kappa shape index (κ2) is 8.71. The fourth-order valence-electron chi connectivity index (χ4n) is 3.46. The Morgan fingerprint density at radius 3 is 2.50 bits per heavy atom. The lowest BCUT2D eigenvalue weighted by Crippen LogP contribution is -2.25. The van der Waals surface area contributed by atoms with E-state index in [-0.39, 0.29) is 17.1 Å². The molecule has 0 aliphatic heterocycles. The maximum absolute atomic E-state index is 12.9. The molecule has 0 N–H and O–H groups in total. The number of aromatic nitrogens is 2. The summed E-state index contributed by atoms with van der Waals surface area (Å²) < 4.78 is 6.74. The molecule has 0 aliphatic rings. The van der Waals surface area contributed by atoms with Crippen LogP contribution < -0.4 is 5.56 Å². The van der Waals surface area contributed by atoms with E-state index in [0.29, 0.717) is 29.2 Å². The number of Topliss-reactive ketones (excluding diaryl/α,β-unsaturated/α-hetero) is 1. The highest BCUT2D eigenvalue weighted by molar-refractivity contribution is 7.99. The van der Waals surface area contributed by atoms with Crippen molar-refractivity contribution < 1.29 is 9.53 Å². The van der Waals surface area contributed by atoms with E-state index in [1.807, 2.05) is 51.1 Å². The summed E-state index contributed by atoms with van der Waals surface area (Å²) in [5.74, 6) is 0.267. The highest BCUT2D eigenvalue weighted by atomic mass is 32.2. The monoisotopic (exact) mass is 396 g/mol. The van der Waals surface area contributed by atoms with Crippen LogP contribution in [0.3, 0.4) is 0 Å². The second-order valence-corrected chi connectivity index (χ2v) is 7.79. The molecule has 0 aliphatic carbocycles. The van der Waals surface area contributed by atoms with E-state index < -0.39 is 0 Å². The number of hydrogen-bond donors (Lipinski definition) is 0. The van der Waals surface area contributed by atoms with Gasteiger partial charge in [-0.1, -0.05) is 41.6 Å². The van der Waals surface area contributed by atoms with Crippen molar-refractivity contribution in [3.05, 3.63) is 69.0 Å². The van der Waals surface area contributed by atoms with Gasteiger partial charge in [0.15, 0.2) is 10.9 Å². The van der Waals surface area contributed by atoms with Crippen LogP contribution in [-0.4, -0.2) is 34.8 Å². The summed E-state index contributed by atoms with van der Waals surface area (Å²) in [6, 6.07) is 11.3. The number of nitrogens with zero attached hydrogens (tertiary/aromatic N) is 2. The summed E-state index contributed by atoms with van der Waals surface area (Å²) in [5, 5.41) is 1.11. The average molecular weight is 397 g/mol. The van der Waals surface area contributed by atoms with Crippen LogP contribution in [0.25, 0.3) is 10.9 Å². The number of ether oxygens (including phenoxy) is 1. The number of para-hydroxylation sites is 1. The number of aryl methyl sites for hydroxylation is 3. The quantitative estimate of drug-likeness (QED) is 0.344. The Morgan fingerprint density at radius 1 is 1.14 bits per heavy atom. The number of carbonyl (C=O) groups is 1. The molecule has 0 amide bonds. The van der Waals surface area contributed by atoms with Crippen molar-refractivity contribution in [3.8, 4) is 0 Å². The van der Waals surface area contributed by atoms with Gasteiger partial charge in [-0.15, -0.1) is 0 Å². The summed E-state index contributed by atoms with van der Waals surface area (Å²) >= 11 is 1.30. The molecule has 146 valence electrons. The predicted octanol–water partition coefficient (Wildman–Crippen LogP) is 3.94. The standard InChI is InChI=1S/C22H24N2O3S/c1-14-11-15(2)20(16(3)12-14)19(25)13-28-22-23-18-8-6-5-7-17(18)21(26)24(22)9-10-27-4/h5-8,11-12H,9-10,13H2,1-4H3. The molecule has 28 heavy (non-hydrogen) atoms. The van der Waals surface area contributed by atoms with E-state index in [1.165, 1.54) is 11.8 Å². The Hall–Kier alpha value is -2.44. The number of benzene rings is 2. The Balaban J connectivity index is 1.93. The first-order valence-electron chi connectivity index (χ1n) is 9.14. The minimum atomic E-state index is -0.111. The van der Waals surface area contributed by atoms with Crippen LogP contribution >= 0.6 is 11.8 Å². The van der Waals surface area contributed by atoms with Gasteiger partial charge in [0, 0.05) is 12.7 Å². The molecule has 2 aromatic carbocycles. The van der Waals surface area contributed by atoms with Crippen molar-refractivity contribution in [2.24, 2.45) is 0 Å². The van der Waals surface area contributed by atoms with Crippen LogP contribution in [0.5, 0.6) is 0 Å². The van der Waals surface area contributed by atoms with Crippen LogP contribution in [0.15, 0.2) is 46.3 Å². The molecule has 0 radical (unpaired) electrons. The number of fused-ring (bicyclic) bond motifs is 1. The number of hydrogen-bond acceptors (Lipinski definition) is 5. The lowest BCUT2D eigenvalue weighted by atomic mass is 9.97. The Kier molecular flexibility index (Phi) is 6.31. The van der Waals surface area contributed by atoms with Crippen molar-refractivity contribution >= 4 is 28.4 Å². The predicted molar refractivity (Wildman–Crippen MR) is 114 cm³/mol. The Morgan fingerprint density at radius 2 is 1.82 bits per heavy atom. The van der Waals surface area contributed by atoms with E-state index in [9.17, 15) is 9.59 Å². The smallest absolute Gasteiger partial charge is 0.262 e. The summed E-state index contributed by atoms with van der Waals surface area (Å²) in [5.41, 5.74) is 4.38. The van der Waals surface area contributed by atoms with E-state index in [1.54, 1.807) is 17.7 Å². The van der Waals surface area contributed by atoms with E-state index >= 15 is 0 Å². The molecule has 3 rings (SSSR count). The zero-order valence-electron chi connectivity index (χ0n) is 16.6. The topological polar surface area (TPSA) is 61.2 Å². The normalized spacial score (nSPS) is 11.1. The van der Waals surface area contributed by atoms with Crippen LogP contribution in [0, 0.1) is 20.8 Å². The third-order valence-corrected chi connectivity index (χ3v) is 5.61. The summed E-state index contributed by atoms with van der Waals surface area (Å²) in [6.07, 6.45) is 0. The molecule has 0 saturated carbocycles. The zero-order chi connectivity index (χ0) is 20.3. The lowest BCUT2D eigenvalue weighted by Gasteiger charge is -2.14. The van der Waals surface area contributed by atoms with Crippen molar-refractivity contribution in [1.82, 2.24) is 9.55 Å².